The third kappa shape index (κ3) is 1.70. The van der Waals surface area contributed by atoms with Crippen LogP contribution < -0.4 is 4.90 Å². The summed E-state index contributed by atoms with van der Waals surface area (Å²) in [6.45, 7) is 0. The minimum atomic E-state index is -0.205. The number of anilines is 1. The lowest BCUT2D eigenvalue weighted by atomic mass is 9.85. The molecular formula is C13H11BrN2O2. The second kappa shape index (κ2) is 4.31. The summed E-state index contributed by atoms with van der Waals surface area (Å²) in [6.07, 6.45) is 6.84. The molecule has 1 aromatic rings. The van der Waals surface area contributed by atoms with Gasteiger partial charge in [0, 0.05) is 10.7 Å². The Morgan fingerprint density at radius 1 is 1.17 bits per heavy atom. The fourth-order valence-corrected chi connectivity index (χ4v) is 2.86. The molecule has 5 heteroatoms. The van der Waals surface area contributed by atoms with Crippen LogP contribution in [0.2, 0.25) is 0 Å². The topological polar surface area (TPSA) is 50.3 Å². The molecule has 2 unspecified atom stereocenters. The Balaban J connectivity index is 1.99. The predicted octanol–water partition coefficient (Wildman–Crippen LogP) is 2.30. The SMILES string of the molecule is O=C1C2CC=CCC2C(=O)N1c1cc(Br)ccn1. The van der Waals surface area contributed by atoms with Gasteiger partial charge in [-0.15, -0.1) is 0 Å². The Kier molecular flexibility index (Phi) is 2.78. The van der Waals surface area contributed by atoms with Gasteiger partial charge in [0.05, 0.1) is 11.8 Å². The van der Waals surface area contributed by atoms with Crippen LogP contribution in [0.3, 0.4) is 0 Å². The number of hydrogen-bond donors (Lipinski definition) is 0. The van der Waals surface area contributed by atoms with Gasteiger partial charge in [0.1, 0.15) is 5.82 Å². The second-order valence-electron chi connectivity index (χ2n) is 4.50. The number of fused-ring (bicyclic) bond motifs is 1. The Morgan fingerprint density at radius 2 is 1.78 bits per heavy atom. The molecule has 2 atom stereocenters. The van der Waals surface area contributed by atoms with E-state index >= 15 is 0 Å². The fraction of sp³-hybridized carbons (Fsp3) is 0.308. The highest BCUT2D eigenvalue weighted by Gasteiger charge is 2.48. The number of pyridine rings is 1. The maximum Gasteiger partial charge on any atom is 0.239 e. The van der Waals surface area contributed by atoms with Crippen LogP contribution in [0.1, 0.15) is 12.8 Å². The van der Waals surface area contributed by atoms with E-state index in [2.05, 4.69) is 20.9 Å². The highest BCUT2D eigenvalue weighted by molar-refractivity contribution is 9.10. The summed E-state index contributed by atoms with van der Waals surface area (Å²) >= 11 is 3.32. The summed E-state index contributed by atoms with van der Waals surface area (Å²) in [5.41, 5.74) is 0. The Hall–Kier alpha value is -1.49. The van der Waals surface area contributed by atoms with Crippen molar-refractivity contribution < 1.29 is 9.59 Å². The molecule has 92 valence electrons. The lowest BCUT2D eigenvalue weighted by Crippen LogP contribution is -2.31. The summed E-state index contributed by atoms with van der Waals surface area (Å²) in [5.74, 6) is -0.250. The monoisotopic (exact) mass is 306 g/mol. The molecule has 0 N–H and O–H groups in total. The van der Waals surface area contributed by atoms with Crippen molar-refractivity contribution in [3.05, 3.63) is 35.0 Å². The van der Waals surface area contributed by atoms with Crippen molar-refractivity contribution in [3.63, 3.8) is 0 Å². The highest BCUT2D eigenvalue weighted by Crippen LogP contribution is 2.37. The van der Waals surface area contributed by atoms with E-state index < -0.39 is 0 Å². The van der Waals surface area contributed by atoms with Gasteiger partial charge in [-0.25, -0.2) is 9.88 Å². The molecule has 1 saturated heterocycles. The summed E-state index contributed by atoms with van der Waals surface area (Å²) in [7, 11) is 0. The minimum Gasteiger partial charge on any atom is -0.274 e. The number of aromatic nitrogens is 1. The first-order valence-corrected chi connectivity index (χ1v) is 6.62. The normalized spacial score (nSPS) is 26.6. The fourth-order valence-electron chi connectivity index (χ4n) is 2.54. The number of allylic oxidation sites excluding steroid dienone is 2. The summed E-state index contributed by atoms with van der Waals surface area (Å²) < 4.78 is 0.807. The van der Waals surface area contributed by atoms with E-state index in [0.717, 1.165) is 4.47 Å². The van der Waals surface area contributed by atoms with E-state index in [0.29, 0.717) is 18.7 Å². The number of nitrogens with zero attached hydrogens (tertiary/aromatic N) is 2. The van der Waals surface area contributed by atoms with Gasteiger partial charge in [-0.1, -0.05) is 28.1 Å². The van der Waals surface area contributed by atoms with E-state index in [1.165, 1.54) is 4.90 Å². The summed E-state index contributed by atoms with van der Waals surface area (Å²) in [5, 5.41) is 0. The molecule has 1 fully saturated rings. The average Bonchev–Trinajstić information content (AvgIpc) is 2.63. The first kappa shape index (κ1) is 11.6. The molecule has 1 aliphatic heterocycles. The lowest BCUT2D eigenvalue weighted by molar-refractivity contribution is -0.122. The summed E-state index contributed by atoms with van der Waals surface area (Å²) in [6, 6.07) is 3.46. The molecule has 4 nitrogen and oxygen atoms in total. The number of halogens is 1. The molecular weight excluding hydrogens is 296 g/mol. The van der Waals surface area contributed by atoms with Crippen molar-refractivity contribution in [2.75, 3.05) is 4.90 Å². The Labute approximate surface area is 113 Å². The molecule has 18 heavy (non-hydrogen) atoms. The van der Waals surface area contributed by atoms with E-state index in [4.69, 9.17) is 0 Å². The zero-order chi connectivity index (χ0) is 12.7. The van der Waals surface area contributed by atoms with Gasteiger partial charge in [-0.05, 0) is 25.0 Å². The van der Waals surface area contributed by atoms with E-state index in [-0.39, 0.29) is 23.7 Å². The number of hydrogen-bond acceptors (Lipinski definition) is 3. The standard InChI is InChI=1S/C13H11BrN2O2/c14-8-5-6-15-11(7-8)16-12(17)9-3-1-2-4-10(9)13(16)18/h1-2,5-7,9-10H,3-4H2. The van der Waals surface area contributed by atoms with E-state index in [9.17, 15) is 9.59 Å². The lowest BCUT2D eigenvalue weighted by Gasteiger charge is -2.14. The van der Waals surface area contributed by atoms with Crippen molar-refractivity contribution >= 4 is 33.6 Å². The summed E-state index contributed by atoms with van der Waals surface area (Å²) in [4.78, 5) is 29.9. The predicted molar refractivity (Wildman–Crippen MR) is 69.8 cm³/mol. The minimum absolute atomic E-state index is 0.125. The van der Waals surface area contributed by atoms with Gasteiger partial charge < -0.3 is 0 Å². The van der Waals surface area contributed by atoms with Crippen LogP contribution in [0.4, 0.5) is 5.82 Å². The molecule has 2 amide bonds. The number of imide groups is 1. The van der Waals surface area contributed by atoms with Crippen molar-refractivity contribution in [1.29, 1.82) is 0 Å². The number of carbonyl (C=O) groups is 2. The maximum absolute atomic E-state index is 12.3. The molecule has 0 radical (unpaired) electrons. The molecule has 0 aromatic carbocycles. The molecule has 2 heterocycles. The number of rotatable bonds is 1. The molecule has 0 saturated carbocycles. The third-order valence-electron chi connectivity index (χ3n) is 3.44. The van der Waals surface area contributed by atoms with Crippen LogP contribution in [0.5, 0.6) is 0 Å². The van der Waals surface area contributed by atoms with Crippen LogP contribution in [-0.4, -0.2) is 16.8 Å². The molecule has 1 aliphatic carbocycles. The van der Waals surface area contributed by atoms with Gasteiger partial charge in [0.2, 0.25) is 11.8 Å². The number of amides is 2. The van der Waals surface area contributed by atoms with Crippen LogP contribution in [-0.2, 0) is 9.59 Å². The molecule has 0 bridgehead atoms. The van der Waals surface area contributed by atoms with Gasteiger partial charge in [-0.3, -0.25) is 9.59 Å². The quantitative estimate of drug-likeness (QED) is 0.591. The molecule has 1 aromatic heterocycles. The third-order valence-corrected chi connectivity index (χ3v) is 3.94. The number of carbonyl (C=O) groups excluding carboxylic acids is 2. The smallest absolute Gasteiger partial charge is 0.239 e. The van der Waals surface area contributed by atoms with Crippen LogP contribution >= 0.6 is 15.9 Å². The zero-order valence-corrected chi connectivity index (χ0v) is 11.1. The maximum atomic E-state index is 12.3. The van der Waals surface area contributed by atoms with Gasteiger partial charge >= 0.3 is 0 Å². The van der Waals surface area contributed by atoms with Gasteiger partial charge in [0.15, 0.2) is 0 Å². The Bertz CT molecular complexity index is 530. The van der Waals surface area contributed by atoms with Crippen molar-refractivity contribution in [2.24, 2.45) is 11.8 Å². The first-order chi connectivity index (χ1) is 8.68. The highest BCUT2D eigenvalue weighted by atomic mass is 79.9. The second-order valence-corrected chi connectivity index (χ2v) is 5.42. The van der Waals surface area contributed by atoms with Crippen molar-refractivity contribution in [2.45, 2.75) is 12.8 Å². The van der Waals surface area contributed by atoms with Gasteiger partial charge in [0.25, 0.3) is 0 Å². The molecule has 3 rings (SSSR count). The van der Waals surface area contributed by atoms with Crippen LogP contribution in [0.15, 0.2) is 35.0 Å². The van der Waals surface area contributed by atoms with E-state index in [1.54, 1.807) is 18.3 Å². The Morgan fingerprint density at radius 3 is 2.33 bits per heavy atom. The first-order valence-electron chi connectivity index (χ1n) is 5.83. The van der Waals surface area contributed by atoms with E-state index in [1.807, 2.05) is 12.2 Å². The zero-order valence-electron chi connectivity index (χ0n) is 9.54. The largest absolute Gasteiger partial charge is 0.274 e. The van der Waals surface area contributed by atoms with Crippen molar-refractivity contribution in [3.8, 4) is 0 Å². The molecule has 0 spiro atoms. The molecule has 2 aliphatic rings. The van der Waals surface area contributed by atoms with Crippen molar-refractivity contribution in [1.82, 2.24) is 4.98 Å². The van der Waals surface area contributed by atoms with Crippen LogP contribution in [0, 0.1) is 11.8 Å². The van der Waals surface area contributed by atoms with Gasteiger partial charge in [-0.2, -0.15) is 0 Å². The van der Waals surface area contributed by atoms with Crippen LogP contribution in [0.25, 0.3) is 0 Å². The average molecular weight is 307 g/mol.